The topological polar surface area (TPSA) is 35.9 Å². The summed E-state index contributed by atoms with van der Waals surface area (Å²) in [6.07, 6.45) is 2.01. The van der Waals surface area contributed by atoms with E-state index in [9.17, 15) is 5.11 Å². The smallest absolute Gasteiger partial charge is 0.120 e. The monoisotopic (exact) mass is 292 g/mol. The molecule has 2 rings (SSSR count). The highest BCUT2D eigenvalue weighted by molar-refractivity contribution is 5.53. The van der Waals surface area contributed by atoms with E-state index in [1.807, 2.05) is 6.07 Å². The molecule has 1 N–H and O–H groups in total. The first kappa shape index (κ1) is 16.1. The molecule has 4 nitrogen and oxygen atoms in total. The van der Waals surface area contributed by atoms with Gasteiger partial charge in [-0.05, 0) is 44.9 Å². The molecule has 1 saturated heterocycles. The van der Waals surface area contributed by atoms with E-state index in [1.54, 1.807) is 0 Å². The van der Waals surface area contributed by atoms with Crippen LogP contribution in [0.15, 0.2) is 18.2 Å². The lowest BCUT2D eigenvalue weighted by molar-refractivity contribution is 0.0374. The molecular weight excluding hydrogens is 264 g/mol. The van der Waals surface area contributed by atoms with Crippen molar-refractivity contribution in [2.45, 2.75) is 26.7 Å². The van der Waals surface area contributed by atoms with Gasteiger partial charge in [0.25, 0.3) is 0 Å². The van der Waals surface area contributed by atoms with Gasteiger partial charge in [0.2, 0.25) is 0 Å². The fourth-order valence-electron chi connectivity index (χ4n) is 2.87. The van der Waals surface area contributed by atoms with Crippen molar-refractivity contribution in [1.82, 2.24) is 4.90 Å². The highest BCUT2D eigenvalue weighted by Crippen LogP contribution is 2.25. The minimum absolute atomic E-state index is 0.432. The molecular formula is C17H28N2O2. The Morgan fingerprint density at radius 2 is 1.90 bits per heavy atom. The molecule has 4 heteroatoms. The summed E-state index contributed by atoms with van der Waals surface area (Å²) in [5.74, 6) is 0.432. The fourth-order valence-corrected chi connectivity index (χ4v) is 2.87. The quantitative estimate of drug-likeness (QED) is 0.837. The first-order valence-corrected chi connectivity index (χ1v) is 8.11. The van der Waals surface area contributed by atoms with Crippen molar-refractivity contribution in [2.75, 3.05) is 50.8 Å². The van der Waals surface area contributed by atoms with Crippen LogP contribution in [0.1, 0.15) is 25.8 Å². The highest BCUT2D eigenvalue weighted by Gasteiger charge is 2.11. The number of aromatic hydroxyl groups is 1. The molecule has 118 valence electrons. The van der Waals surface area contributed by atoms with Gasteiger partial charge in [0.1, 0.15) is 5.75 Å². The Balaban J connectivity index is 1.85. The largest absolute Gasteiger partial charge is 0.508 e. The Kier molecular flexibility index (Phi) is 6.33. The summed E-state index contributed by atoms with van der Waals surface area (Å²) < 4.78 is 5.35. The summed E-state index contributed by atoms with van der Waals surface area (Å²) in [5.41, 5.74) is 2.16. The Labute approximate surface area is 128 Å². The van der Waals surface area contributed by atoms with Crippen molar-refractivity contribution < 1.29 is 9.84 Å². The molecule has 1 aromatic carbocycles. The van der Waals surface area contributed by atoms with Crippen molar-refractivity contribution in [3.63, 3.8) is 0 Å². The third-order valence-corrected chi connectivity index (χ3v) is 4.22. The highest BCUT2D eigenvalue weighted by atomic mass is 16.5. The molecule has 0 saturated carbocycles. The van der Waals surface area contributed by atoms with E-state index in [-0.39, 0.29) is 0 Å². The molecule has 0 bridgehead atoms. The Morgan fingerprint density at radius 1 is 1.19 bits per heavy atom. The van der Waals surface area contributed by atoms with Crippen LogP contribution in [0.5, 0.6) is 5.75 Å². The van der Waals surface area contributed by atoms with Gasteiger partial charge in [-0.25, -0.2) is 0 Å². The summed E-state index contributed by atoms with van der Waals surface area (Å²) in [6.45, 7) is 11.1. The third-order valence-electron chi connectivity index (χ3n) is 4.22. The Bertz CT molecular complexity index is 427. The SMILES string of the molecule is CCN(CC)c1ccc(CCCN2CCOCC2)c(O)c1. The minimum Gasteiger partial charge on any atom is -0.508 e. The summed E-state index contributed by atoms with van der Waals surface area (Å²) in [7, 11) is 0. The number of aryl methyl sites for hydroxylation is 1. The van der Waals surface area contributed by atoms with Gasteiger partial charge < -0.3 is 14.7 Å². The van der Waals surface area contributed by atoms with Crippen LogP contribution >= 0.6 is 0 Å². The standard InChI is InChI=1S/C17H28N2O2/c1-3-19(4-2)16-8-7-15(17(20)14-16)6-5-9-18-10-12-21-13-11-18/h7-8,14,20H,3-6,9-13H2,1-2H3. The van der Waals surface area contributed by atoms with E-state index in [1.165, 1.54) is 0 Å². The van der Waals surface area contributed by atoms with Crippen LogP contribution in [-0.2, 0) is 11.2 Å². The predicted molar refractivity (Wildman–Crippen MR) is 87.2 cm³/mol. The molecule has 0 unspecified atom stereocenters. The van der Waals surface area contributed by atoms with Gasteiger partial charge >= 0.3 is 0 Å². The van der Waals surface area contributed by atoms with Crippen molar-refractivity contribution in [2.24, 2.45) is 0 Å². The van der Waals surface area contributed by atoms with Gasteiger partial charge in [-0.15, -0.1) is 0 Å². The van der Waals surface area contributed by atoms with Gasteiger partial charge in [0, 0.05) is 37.9 Å². The van der Waals surface area contributed by atoms with Crippen molar-refractivity contribution in [3.05, 3.63) is 23.8 Å². The zero-order valence-corrected chi connectivity index (χ0v) is 13.3. The van der Waals surface area contributed by atoms with Crippen LogP contribution in [0.4, 0.5) is 5.69 Å². The molecule has 0 atom stereocenters. The number of phenolic OH excluding ortho intramolecular Hbond substituents is 1. The van der Waals surface area contributed by atoms with E-state index in [2.05, 4.69) is 35.8 Å². The van der Waals surface area contributed by atoms with Crippen molar-refractivity contribution in [1.29, 1.82) is 0 Å². The molecule has 1 aliphatic heterocycles. The van der Waals surface area contributed by atoms with Gasteiger partial charge in [0.05, 0.1) is 13.2 Å². The van der Waals surface area contributed by atoms with E-state index in [0.717, 1.165) is 70.0 Å². The molecule has 0 aromatic heterocycles. The second-order valence-corrected chi connectivity index (χ2v) is 5.54. The minimum atomic E-state index is 0.432. The van der Waals surface area contributed by atoms with Crippen LogP contribution in [0.2, 0.25) is 0 Å². The average Bonchev–Trinajstić information content (AvgIpc) is 2.51. The lowest BCUT2D eigenvalue weighted by atomic mass is 10.1. The number of nitrogens with zero attached hydrogens (tertiary/aromatic N) is 2. The summed E-state index contributed by atoms with van der Waals surface area (Å²) in [4.78, 5) is 4.68. The normalized spacial score (nSPS) is 16.1. The second-order valence-electron chi connectivity index (χ2n) is 5.54. The molecule has 0 spiro atoms. The van der Waals surface area contributed by atoms with Crippen LogP contribution in [0.25, 0.3) is 0 Å². The molecule has 0 aliphatic carbocycles. The number of anilines is 1. The maximum Gasteiger partial charge on any atom is 0.120 e. The first-order chi connectivity index (χ1) is 10.2. The zero-order valence-electron chi connectivity index (χ0n) is 13.3. The Morgan fingerprint density at radius 3 is 2.52 bits per heavy atom. The first-order valence-electron chi connectivity index (χ1n) is 8.11. The van der Waals surface area contributed by atoms with E-state index >= 15 is 0 Å². The molecule has 0 radical (unpaired) electrons. The van der Waals surface area contributed by atoms with Crippen LogP contribution in [0, 0.1) is 0 Å². The molecule has 21 heavy (non-hydrogen) atoms. The maximum absolute atomic E-state index is 10.2. The number of hydrogen-bond acceptors (Lipinski definition) is 4. The second kappa shape index (κ2) is 8.25. The van der Waals surface area contributed by atoms with Gasteiger partial charge in [-0.2, -0.15) is 0 Å². The number of benzene rings is 1. The van der Waals surface area contributed by atoms with Crippen LogP contribution in [0.3, 0.4) is 0 Å². The van der Waals surface area contributed by atoms with E-state index in [4.69, 9.17) is 4.74 Å². The van der Waals surface area contributed by atoms with Gasteiger partial charge in [-0.1, -0.05) is 6.07 Å². The summed E-state index contributed by atoms with van der Waals surface area (Å²) in [5, 5.41) is 10.2. The molecule has 1 fully saturated rings. The van der Waals surface area contributed by atoms with E-state index in [0.29, 0.717) is 5.75 Å². The van der Waals surface area contributed by atoms with Gasteiger partial charge in [-0.3, -0.25) is 4.90 Å². The number of rotatable bonds is 7. The molecule has 1 heterocycles. The number of hydrogen-bond donors (Lipinski definition) is 1. The average molecular weight is 292 g/mol. The molecule has 0 amide bonds. The summed E-state index contributed by atoms with van der Waals surface area (Å²) in [6, 6.07) is 6.09. The maximum atomic E-state index is 10.2. The Hall–Kier alpha value is -1.26. The van der Waals surface area contributed by atoms with Gasteiger partial charge in [0.15, 0.2) is 0 Å². The van der Waals surface area contributed by atoms with E-state index < -0.39 is 0 Å². The lowest BCUT2D eigenvalue weighted by Crippen LogP contribution is -2.36. The fraction of sp³-hybridized carbons (Fsp3) is 0.647. The third kappa shape index (κ3) is 4.61. The molecule has 1 aromatic rings. The zero-order chi connectivity index (χ0) is 15.1. The van der Waals surface area contributed by atoms with Crippen molar-refractivity contribution in [3.8, 4) is 5.75 Å². The lowest BCUT2D eigenvalue weighted by Gasteiger charge is -2.26. The van der Waals surface area contributed by atoms with Crippen LogP contribution in [-0.4, -0.2) is 55.9 Å². The molecule has 1 aliphatic rings. The number of morpholine rings is 1. The number of phenols is 1. The number of ether oxygens (including phenoxy) is 1. The predicted octanol–water partition coefficient (Wildman–Crippen LogP) is 2.50. The van der Waals surface area contributed by atoms with Crippen LogP contribution < -0.4 is 4.90 Å². The van der Waals surface area contributed by atoms with Crippen molar-refractivity contribution >= 4 is 5.69 Å². The summed E-state index contributed by atoms with van der Waals surface area (Å²) >= 11 is 0.